The Morgan fingerprint density at radius 2 is 2.12 bits per heavy atom. The van der Waals surface area contributed by atoms with Crippen LogP contribution in [-0.2, 0) is 4.79 Å². The molecule has 0 saturated carbocycles. The molecule has 0 aromatic rings. The number of hydrogen-bond acceptors (Lipinski definition) is 2. The van der Waals surface area contributed by atoms with Crippen molar-refractivity contribution in [3.8, 4) is 0 Å². The number of amides is 1. The van der Waals surface area contributed by atoms with Crippen molar-refractivity contribution in [2.24, 2.45) is 11.1 Å². The molecule has 0 bridgehead atoms. The first-order valence-electron chi connectivity index (χ1n) is 5.97. The summed E-state index contributed by atoms with van der Waals surface area (Å²) in [6.45, 7) is 6.82. The van der Waals surface area contributed by atoms with Crippen molar-refractivity contribution >= 4 is 5.91 Å². The second kappa shape index (κ2) is 5.13. The largest absolute Gasteiger partial charge is 0.337 e. The molecule has 2 N–H and O–H groups in total. The SMILES string of the molecule is CC(C)(C)CC(=O)N1C[C@H](F)C[C@@H]1CCN. The van der Waals surface area contributed by atoms with Gasteiger partial charge < -0.3 is 10.6 Å². The molecule has 0 aromatic carbocycles. The van der Waals surface area contributed by atoms with Crippen LogP contribution in [0.25, 0.3) is 0 Å². The predicted octanol–water partition coefficient (Wildman–Crippen LogP) is 1.71. The summed E-state index contributed by atoms with van der Waals surface area (Å²) in [5.74, 6) is 0.0612. The third-order valence-electron chi connectivity index (χ3n) is 2.87. The highest BCUT2D eigenvalue weighted by atomic mass is 19.1. The van der Waals surface area contributed by atoms with Crippen LogP contribution in [0.1, 0.15) is 40.0 Å². The van der Waals surface area contributed by atoms with E-state index in [-0.39, 0.29) is 23.9 Å². The van der Waals surface area contributed by atoms with Crippen LogP contribution in [-0.4, -0.2) is 36.1 Å². The van der Waals surface area contributed by atoms with Crippen LogP contribution in [0.5, 0.6) is 0 Å². The van der Waals surface area contributed by atoms with Gasteiger partial charge in [0.15, 0.2) is 0 Å². The number of halogens is 1. The van der Waals surface area contributed by atoms with Gasteiger partial charge >= 0.3 is 0 Å². The summed E-state index contributed by atoms with van der Waals surface area (Å²) in [7, 11) is 0. The van der Waals surface area contributed by atoms with Gasteiger partial charge in [0.05, 0.1) is 6.54 Å². The van der Waals surface area contributed by atoms with Crippen LogP contribution >= 0.6 is 0 Å². The van der Waals surface area contributed by atoms with E-state index in [1.807, 2.05) is 20.8 Å². The third kappa shape index (κ3) is 3.74. The molecule has 4 heteroatoms. The molecule has 0 unspecified atom stereocenters. The Labute approximate surface area is 97.2 Å². The van der Waals surface area contributed by atoms with Gasteiger partial charge in [-0.25, -0.2) is 4.39 Å². The molecule has 0 aliphatic carbocycles. The Balaban J connectivity index is 2.59. The summed E-state index contributed by atoms with van der Waals surface area (Å²) in [6, 6.07) is 0.00912. The number of carbonyl (C=O) groups is 1. The molecule has 1 rings (SSSR count). The fraction of sp³-hybridized carbons (Fsp3) is 0.917. The molecular weight excluding hydrogens is 207 g/mol. The highest BCUT2D eigenvalue weighted by molar-refractivity contribution is 5.77. The molecule has 94 valence electrons. The van der Waals surface area contributed by atoms with Crippen molar-refractivity contribution in [3.63, 3.8) is 0 Å². The van der Waals surface area contributed by atoms with Crippen LogP contribution in [0.3, 0.4) is 0 Å². The monoisotopic (exact) mass is 230 g/mol. The van der Waals surface area contributed by atoms with Gasteiger partial charge in [-0.2, -0.15) is 0 Å². The summed E-state index contributed by atoms with van der Waals surface area (Å²) in [6.07, 6.45) is 0.755. The Hall–Kier alpha value is -0.640. The molecule has 1 aliphatic heterocycles. The van der Waals surface area contributed by atoms with Gasteiger partial charge in [-0.3, -0.25) is 4.79 Å². The van der Waals surface area contributed by atoms with Gasteiger partial charge in [0.1, 0.15) is 6.17 Å². The summed E-state index contributed by atoms with van der Waals surface area (Å²) in [5.41, 5.74) is 5.44. The lowest BCUT2D eigenvalue weighted by Gasteiger charge is -2.27. The average molecular weight is 230 g/mol. The van der Waals surface area contributed by atoms with Gasteiger partial charge in [0.25, 0.3) is 0 Å². The highest BCUT2D eigenvalue weighted by Gasteiger charge is 2.35. The number of alkyl halides is 1. The van der Waals surface area contributed by atoms with E-state index in [0.29, 0.717) is 25.8 Å². The molecule has 1 aliphatic rings. The Bertz CT molecular complexity index is 250. The minimum Gasteiger partial charge on any atom is -0.337 e. The second-order valence-electron chi connectivity index (χ2n) is 5.85. The molecule has 0 aromatic heterocycles. The quantitative estimate of drug-likeness (QED) is 0.802. The molecule has 1 fully saturated rings. The van der Waals surface area contributed by atoms with Crippen LogP contribution in [0.4, 0.5) is 4.39 Å². The maximum atomic E-state index is 13.3. The van der Waals surface area contributed by atoms with Crippen LogP contribution < -0.4 is 5.73 Å². The lowest BCUT2D eigenvalue weighted by Crippen LogP contribution is -2.38. The molecule has 3 nitrogen and oxygen atoms in total. The lowest BCUT2D eigenvalue weighted by molar-refractivity contribution is -0.134. The summed E-state index contributed by atoms with van der Waals surface area (Å²) >= 11 is 0. The van der Waals surface area contributed by atoms with Crippen molar-refractivity contribution in [2.45, 2.75) is 52.2 Å². The van der Waals surface area contributed by atoms with E-state index in [0.717, 1.165) is 0 Å². The maximum absolute atomic E-state index is 13.3. The number of likely N-dealkylation sites (tertiary alicyclic amines) is 1. The van der Waals surface area contributed by atoms with Crippen LogP contribution in [0.15, 0.2) is 0 Å². The molecule has 0 spiro atoms. The summed E-state index contributed by atoms with van der Waals surface area (Å²) in [5, 5.41) is 0. The van der Waals surface area contributed by atoms with Crippen molar-refractivity contribution < 1.29 is 9.18 Å². The maximum Gasteiger partial charge on any atom is 0.223 e. The normalized spacial score (nSPS) is 26.2. The standard InChI is InChI=1S/C12H23FN2O/c1-12(2,3)7-11(16)15-8-9(13)6-10(15)4-5-14/h9-10H,4-8,14H2,1-3H3/t9-,10+/m1/s1. The van der Waals surface area contributed by atoms with Gasteiger partial charge in [0, 0.05) is 18.9 Å². The van der Waals surface area contributed by atoms with E-state index >= 15 is 0 Å². The molecule has 1 saturated heterocycles. The number of nitrogens with two attached hydrogens (primary N) is 1. The molecule has 16 heavy (non-hydrogen) atoms. The van der Waals surface area contributed by atoms with Crippen molar-refractivity contribution in [1.82, 2.24) is 4.90 Å². The Morgan fingerprint density at radius 3 is 2.62 bits per heavy atom. The zero-order valence-corrected chi connectivity index (χ0v) is 10.5. The van der Waals surface area contributed by atoms with E-state index in [2.05, 4.69) is 0 Å². The molecule has 1 heterocycles. The summed E-state index contributed by atoms with van der Waals surface area (Å²) in [4.78, 5) is 13.7. The number of hydrogen-bond donors (Lipinski definition) is 1. The van der Waals surface area contributed by atoms with E-state index in [9.17, 15) is 9.18 Å². The fourth-order valence-electron chi connectivity index (χ4n) is 2.19. The Kier molecular flexibility index (Phi) is 4.30. The molecule has 0 radical (unpaired) electrons. The van der Waals surface area contributed by atoms with Gasteiger partial charge in [-0.1, -0.05) is 20.8 Å². The van der Waals surface area contributed by atoms with Crippen LogP contribution in [0, 0.1) is 5.41 Å². The minimum atomic E-state index is -0.875. The van der Waals surface area contributed by atoms with Crippen LogP contribution in [0.2, 0.25) is 0 Å². The van der Waals surface area contributed by atoms with Gasteiger partial charge in [-0.15, -0.1) is 0 Å². The van der Waals surface area contributed by atoms with E-state index < -0.39 is 6.17 Å². The fourth-order valence-corrected chi connectivity index (χ4v) is 2.19. The number of carbonyl (C=O) groups excluding carboxylic acids is 1. The zero-order chi connectivity index (χ0) is 12.3. The highest BCUT2D eigenvalue weighted by Crippen LogP contribution is 2.27. The minimum absolute atomic E-state index is 0.00912. The first-order chi connectivity index (χ1) is 7.33. The zero-order valence-electron chi connectivity index (χ0n) is 10.5. The van der Waals surface area contributed by atoms with Crippen molar-refractivity contribution in [1.29, 1.82) is 0 Å². The molecule has 1 amide bonds. The molecule has 2 atom stereocenters. The lowest BCUT2D eigenvalue weighted by atomic mass is 9.91. The van der Waals surface area contributed by atoms with Gasteiger partial charge in [0.2, 0.25) is 5.91 Å². The van der Waals surface area contributed by atoms with Crippen molar-refractivity contribution in [2.75, 3.05) is 13.1 Å². The van der Waals surface area contributed by atoms with Crippen molar-refractivity contribution in [3.05, 3.63) is 0 Å². The number of rotatable bonds is 3. The predicted molar refractivity (Wildman–Crippen MR) is 62.8 cm³/mol. The second-order valence-corrected chi connectivity index (χ2v) is 5.85. The topological polar surface area (TPSA) is 46.3 Å². The van der Waals surface area contributed by atoms with E-state index in [1.165, 1.54) is 0 Å². The first-order valence-corrected chi connectivity index (χ1v) is 5.97. The number of nitrogens with zero attached hydrogens (tertiary/aromatic N) is 1. The first kappa shape index (κ1) is 13.4. The van der Waals surface area contributed by atoms with E-state index in [1.54, 1.807) is 4.90 Å². The third-order valence-corrected chi connectivity index (χ3v) is 2.87. The van der Waals surface area contributed by atoms with Gasteiger partial charge in [-0.05, 0) is 18.4 Å². The smallest absolute Gasteiger partial charge is 0.223 e. The van der Waals surface area contributed by atoms with E-state index in [4.69, 9.17) is 5.73 Å². The summed E-state index contributed by atoms with van der Waals surface area (Å²) < 4.78 is 13.3. The average Bonchev–Trinajstić information content (AvgIpc) is 2.44. The molecular formula is C12H23FN2O. The Morgan fingerprint density at radius 1 is 1.50 bits per heavy atom.